The highest BCUT2D eigenvalue weighted by atomic mass is 35.5. The number of rotatable bonds is 3. The molecule has 5 nitrogen and oxygen atoms in total. The fraction of sp³-hybridized carbons (Fsp3) is 0.214. The van der Waals surface area contributed by atoms with E-state index in [0.717, 1.165) is 5.56 Å². The monoisotopic (exact) mass is 291 g/mol. The minimum absolute atomic E-state index is 0.112. The van der Waals surface area contributed by atoms with E-state index in [0.29, 0.717) is 22.0 Å². The van der Waals surface area contributed by atoms with Gasteiger partial charge in [0.1, 0.15) is 5.56 Å². The molecule has 104 valence electrons. The summed E-state index contributed by atoms with van der Waals surface area (Å²) in [6, 6.07) is 6.98. The highest BCUT2D eigenvalue weighted by Crippen LogP contribution is 2.26. The zero-order chi connectivity index (χ0) is 14.7. The zero-order valence-electron chi connectivity index (χ0n) is 11.2. The van der Waals surface area contributed by atoms with Crippen LogP contribution in [-0.4, -0.2) is 22.5 Å². The Labute approximate surface area is 121 Å². The van der Waals surface area contributed by atoms with E-state index in [9.17, 15) is 4.79 Å². The smallest absolute Gasteiger partial charge is 0.342 e. The number of carbonyl (C=O) groups is 1. The third kappa shape index (κ3) is 2.88. The van der Waals surface area contributed by atoms with Crippen molar-refractivity contribution in [3.8, 4) is 11.3 Å². The Morgan fingerprint density at radius 1 is 1.30 bits per heavy atom. The molecule has 0 aliphatic rings. The van der Waals surface area contributed by atoms with Gasteiger partial charge in [0.25, 0.3) is 0 Å². The molecule has 6 heteroatoms. The van der Waals surface area contributed by atoms with Crippen molar-refractivity contribution in [2.45, 2.75) is 13.8 Å². The molecule has 0 saturated heterocycles. The second-order valence-corrected chi connectivity index (χ2v) is 4.55. The Hall–Kier alpha value is -2.14. The van der Waals surface area contributed by atoms with Crippen molar-refractivity contribution >= 4 is 23.5 Å². The Kier molecular flexibility index (Phi) is 4.20. The lowest BCUT2D eigenvalue weighted by molar-refractivity contribution is 0.0525. The van der Waals surface area contributed by atoms with Crippen LogP contribution < -0.4 is 5.73 Å². The second-order valence-electron chi connectivity index (χ2n) is 4.12. The number of halogens is 1. The van der Waals surface area contributed by atoms with Crippen LogP contribution in [0.15, 0.2) is 24.3 Å². The van der Waals surface area contributed by atoms with Crippen molar-refractivity contribution in [2.75, 3.05) is 12.3 Å². The summed E-state index contributed by atoms with van der Waals surface area (Å²) in [7, 11) is 0. The lowest BCUT2D eigenvalue weighted by atomic mass is 10.0. The van der Waals surface area contributed by atoms with Crippen LogP contribution in [0.5, 0.6) is 0 Å². The van der Waals surface area contributed by atoms with Gasteiger partial charge in [0.2, 0.25) is 5.95 Å². The fourth-order valence-electron chi connectivity index (χ4n) is 1.86. The summed E-state index contributed by atoms with van der Waals surface area (Å²) in [6.45, 7) is 3.72. The molecule has 2 N–H and O–H groups in total. The highest BCUT2D eigenvalue weighted by Gasteiger charge is 2.20. The highest BCUT2D eigenvalue weighted by molar-refractivity contribution is 6.30. The fourth-order valence-corrected chi connectivity index (χ4v) is 1.98. The minimum Gasteiger partial charge on any atom is -0.462 e. The summed E-state index contributed by atoms with van der Waals surface area (Å²) >= 11 is 5.86. The van der Waals surface area contributed by atoms with Gasteiger partial charge in [-0.1, -0.05) is 23.7 Å². The van der Waals surface area contributed by atoms with E-state index >= 15 is 0 Å². The Balaban J connectivity index is 2.61. The normalized spacial score (nSPS) is 10.3. The van der Waals surface area contributed by atoms with Crippen LogP contribution in [-0.2, 0) is 4.74 Å². The van der Waals surface area contributed by atoms with Gasteiger partial charge in [0, 0.05) is 10.6 Å². The van der Waals surface area contributed by atoms with Crippen LogP contribution in [0.2, 0.25) is 5.02 Å². The summed E-state index contributed by atoms with van der Waals surface area (Å²) in [6.07, 6.45) is 0. The molecule has 1 aromatic heterocycles. The van der Waals surface area contributed by atoms with E-state index in [1.54, 1.807) is 38.1 Å². The first-order chi connectivity index (χ1) is 9.52. The summed E-state index contributed by atoms with van der Waals surface area (Å²) in [5.74, 6) is -0.351. The molecular formula is C14H14ClN3O2. The maximum Gasteiger partial charge on any atom is 0.342 e. The van der Waals surface area contributed by atoms with Crippen LogP contribution in [0.3, 0.4) is 0 Å². The molecule has 0 aliphatic carbocycles. The number of aryl methyl sites for hydroxylation is 1. The quantitative estimate of drug-likeness (QED) is 0.880. The van der Waals surface area contributed by atoms with Crippen LogP contribution in [0.25, 0.3) is 11.3 Å². The molecule has 1 heterocycles. The second kappa shape index (κ2) is 5.88. The van der Waals surface area contributed by atoms with Crippen molar-refractivity contribution in [1.82, 2.24) is 9.97 Å². The molecular weight excluding hydrogens is 278 g/mol. The average molecular weight is 292 g/mol. The predicted molar refractivity (Wildman–Crippen MR) is 77.6 cm³/mol. The Morgan fingerprint density at radius 3 is 2.55 bits per heavy atom. The molecule has 2 rings (SSSR count). The number of hydrogen-bond donors (Lipinski definition) is 1. The number of benzene rings is 1. The average Bonchev–Trinajstić information content (AvgIpc) is 2.38. The molecule has 20 heavy (non-hydrogen) atoms. The van der Waals surface area contributed by atoms with Crippen LogP contribution >= 0.6 is 11.6 Å². The van der Waals surface area contributed by atoms with Crippen LogP contribution in [0.1, 0.15) is 23.0 Å². The number of anilines is 1. The first-order valence-corrected chi connectivity index (χ1v) is 6.48. The molecule has 0 aliphatic heterocycles. The zero-order valence-corrected chi connectivity index (χ0v) is 11.9. The maximum absolute atomic E-state index is 12.1. The maximum atomic E-state index is 12.1. The van der Waals surface area contributed by atoms with Crippen molar-refractivity contribution in [3.05, 3.63) is 40.5 Å². The summed E-state index contributed by atoms with van der Waals surface area (Å²) in [5.41, 5.74) is 7.66. The number of nitrogen functional groups attached to an aromatic ring is 1. The van der Waals surface area contributed by atoms with E-state index in [1.807, 2.05) is 0 Å². The standard InChI is InChI=1S/C14H14ClN3O2/c1-3-20-13(19)11-8(2)17-14(16)18-12(11)9-4-6-10(15)7-5-9/h4-7H,3H2,1-2H3,(H2,16,17,18). The summed E-state index contributed by atoms with van der Waals surface area (Å²) in [4.78, 5) is 20.2. The van der Waals surface area contributed by atoms with E-state index in [-0.39, 0.29) is 12.6 Å². The number of aromatic nitrogens is 2. The summed E-state index contributed by atoms with van der Waals surface area (Å²) in [5, 5.41) is 0.602. The van der Waals surface area contributed by atoms with E-state index in [2.05, 4.69) is 9.97 Å². The number of nitrogens with zero attached hydrogens (tertiary/aromatic N) is 2. The lowest BCUT2D eigenvalue weighted by Gasteiger charge is -2.11. The van der Waals surface area contributed by atoms with Crippen LogP contribution in [0, 0.1) is 6.92 Å². The lowest BCUT2D eigenvalue weighted by Crippen LogP contribution is -2.13. The third-order valence-corrected chi connectivity index (χ3v) is 2.96. The van der Waals surface area contributed by atoms with E-state index in [4.69, 9.17) is 22.1 Å². The van der Waals surface area contributed by atoms with Gasteiger partial charge >= 0.3 is 5.97 Å². The number of esters is 1. The summed E-state index contributed by atoms with van der Waals surface area (Å²) < 4.78 is 5.05. The van der Waals surface area contributed by atoms with Gasteiger partial charge < -0.3 is 10.5 Å². The SMILES string of the molecule is CCOC(=O)c1c(C)nc(N)nc1-c1ccc(Cl)cc1. The minimum atomic E-state index is -0.463. The van der Waals surface area contributed by atoms with Crippen LogP contribution in [0.4, 0.5) is 5.95 Å². The molecule has 0 amide bonds. The topological polar surface area (TPSA) is 78.1 Å². The van der Waals surface area contributed by atoms with Crippen molar-refractivity contribution in [3.63, 3.8) is 0 Å². The molecule has 1 aromatic carbocycles. The van der Waals surface area contributed by atoms with Gasteiger partial charge in [-0.15, -0.1) is 0 Å². The molecule has 0 radical (unpaired) electrons. The van der Waals surface area contributed by atoms with Gasteiger partial charge in [-0.05, 0) is 26.0 Å². The number of nitrogens with two attached hydrogens (primary N) is 1. The molecule has 2 aromatic rings. The third-order valence-electron chi connectivity index (χ3n) is 2.70. The Morgan fingerprint density at radius 2 is 1.95 bits per heavy atom. The van der Waals surface area contributed by atoms with Gasteiger partial charge in [-0.25, -0.2) is 14.8 Å². The predicted octanol–water partition coefficient (Wildman–Crippen LogP) is 2.86. The number of hydrogen-bond acceptors (Lipinski definition) is 5. The molecule has 0 saturated carbocycles. The van der Waals surface area contributed by atoms with Gasteiger partial charge in [-0.2, -0.15) is 0 Å². The van der Waals surface area contributed by atoms with E-state index in [1.165, 1.54) is 0 Å². The first kappa shape index (κ1) is 14.3. The van der Waals surface area contributed by atoms with E-state index < -0.39 is 5.97 Å². The number of ether oxygens (including phenoxy) is 1. The van der Waals surface area contributed by atoms with Gasteiger partial charge in [0.05, 0.1) is 18.0 Å². The molecule has 0 atom stereocenters. The molecule has 0 spiro atoms. The largest absolute Gasteiger partial charge is 0.462 e. The number of carbonyl (C=O) groups excluding carboxylic acids is 1. The molecule has 0 unspecified atom stereocenters. The van der Waals surface area contributed by atoms with Crippen molar-refractivity contribution in [2.24, 2.45) is 0 Å². The van der Waals surface area contributed by atoms with Gasteiger partial charge in [-0.3, -0.25) is 0 Å². The Bertz CT molecular complexity index is 642. The molecule has 0 bridgehead atoms. The first-order valence-electron chi connectivity index (χ1n) is 6.10. The van der Waals surface area contributed by atoms with Gasteiger partial charge in [0.15, 0.2) is 0 Å². The molecule has 0 fully saturated rings. The van der Waals surface area contributed by atoms with Crippen molar-refractivity contribution in [1.29, 1.82) is 0 Å². The van der Waals surface area contributed by atoms with Crippen molar-refractivity contribution < 1.29 is 9.53 Å².